The van der Waals surface area contributed by atoms with E-state index in [1.807, 2.05) is 18.3 Å². The molecule has 0 spiro atoms. The minimum atomic E-state index is -6.00. The summed E-state index contributed by atoms with van der Waals surface area (Å²) in [6, 6.07) is 0. The second kappa shape index (κ2) is 6.17. The molecule has 4 N–H and O–H groups in total. The molecule has 0 aromatic heterocycles. The monoisotopic (exact) mass is 239 g/mol. The van der Waals surface area contributed by atoms with Gasteiger partial charge in [0, 0.05) is 17.8 Å². The fraction of sp³-hybridized carbons (Fsp3) is 0.375. The summed E-state index contributed by atoms with van der Waals surface area (Å²) in [7, 11) is -6.00. The van der Waals surface area contributed by atoms with E-state index in [1.165, 1.54) is 4.90 Å². The summed E-state index contributed by atoms with van der Waals surface area (Å²) in [5.41, 5.74) is 0.105. The van der Waals surface area contributed by atoms with Crippen LogP contribution in [0.5, 0.6) is 0 Å². The summed E-state index contributed by atoms with van der Waals surface area (Å²) in [6.45, 7) is 4.18. The van der Waals surface area contributed by atoms with Crippen LogP contribution < -0.4 is 6.15 Å². The molecular formula is C8H14BF4N3. The molecule has 1 rings (SSSR count). The standard InChI is InChI=1S/C8H10N2.BF4.H3N/c1-8(2)3-5-10(7-9)6-4-8;2-1(3,4)5;/h3-6H,1-2H3;;1H3/q;-1;/p+1. The summed E-state index contributed by atoms with van der Waals surface area (Å²) < 4.78 is 39.0. The highest BCUT2D eigenvalue weighted by molar-refractivity contribution is 6.50. The Bertz CT molecular complexity index is 281. The highest BCUT2D eigenvalue weighted by Crippen LogP contribution is 2.22. The molecule has 1 aliphatic rings. The van der Waals surface area contributed by atoms with Crippen LogP contribution >= 0.6 is 0 Å². The molecule has 0 bridgehead atoms. The lowest BCUT2D eigenvalue weighted by Gasteiger charge is -2.20. The van der Waals surface area contributed by atoms with E-state index >= 15 is 0 Å². The van der Waals surface area contributed by atoms with Gasteiger partial charge in [0.15, 0.2) is 6.19 Å². The van der Waals surface area contributed by atoms with Crippen molar-refractivity contribution in [3.8, 4) is 6.19 Å². The molecule has 0 atom stereocenters. The predicted octanol–water partition coefficient (Wildman–Crippen LogP) is 3.51. The molecule has 0 amide bonds. The van der Waals surface area contributed by atoms with E-state index in [9.17, 15) is 17.3 Å². The molecule has 0 aromatic rings. The normalized spacial score (nSPS) is 16.7. The second-order valence-electron chi connectivity index (χ2n) is 3.45. The minimum Gasteiger partial charge on any atom is -0.418 e. The Balaban J connectivity index is 0. The van der Waals surface area contributed by atoms with Crippen molar-refractivity contribution >= 4 is 7.25 Å². The average Bonchev–Trinajstić information content (AvgIpc) is 2.01. The summed E-state index contributed by atoms with van der Waals surface area (Å²) in [6.07, 6.45) is 9.55. The molecule has 0 saturated heterocycles. The maximum atomic E-state index is 9.75. The summed E-state index contributed by atoms with van der Waals surface area (Å²) in [5, 5.41) is 8.43. The molecule has 1 heterocycles. The zero-order valence-corrected chi connectivity index (χ0v) is 9.29. The molecule has 8 heteroatoms. The first-order valence-corrected chi connectivity index (χ1v) is 4.08. The molecule has 92 valence electrons. The predicted molar refractivity (Wildman–Crippen MR) is 55.7 cm³/mol. The van der Waals surface area contributed by atoms with Gasteiger partial charge in [0.1, 0.15) is 0 Å². The lowest BCUT2D eigenvalue weighted by molar-refractivity contribution is 0.368. The van der Waals surface area contributed by atoms with Crippen LogP contribution in [0.15, 0.2) is 24.6 Å². The van der Waals surface area contributed by atoms with Crippen LogP contribution in [0.25, 0.3) is 0 Å². The Labute approximate surface area is 91.7 Å². The van der Waals surface area contributed by atoms with Gasteiger partial charge >= 0.3 is 7.25 Å². The van der Waals surface area contributed by atoms with E-state index in [0.717, 1.165) is 0 Å². The van der Waals surface area contributed by atoms with E-state index in [0.29, 0.717) is 0 Å². The second-order valence-corrected chi connectivity index (χ2v) is 3.45. The quantitative estimate of drug-likeness (QED) is 0.399. The fourth-order valence-corrected chi connectivity index (χ4v) is 0.717. The van der Waals surface area contributed by atoms with E-state index in [-0.39, 0.29) is 11.6 Å². The molecule has 0 saturated carbocycles. The Morgan fingerprint density at radius 1 is 1.12 bits per heavy atom. The van der Waals surface area contributed by atoms with Gasteiger partial charge < -0.3 is 23.4 Å². The SMILES string of the molecule is CC1(C)C=CN(C#N)C=C1.F[B-](F)(F)F.[NH4+]. The van der Waals surface area contributed by atoms with E-state index < -0.39 is 7.25 Å². The highest BCUT2D eigenvalue weighted by Gasteiger charge is 2.20. The van der Waals surface area contributed by atoms with Crippen LogP contribution in [0.3, 0.4) is 0 Å². The van der Waals surface area contributed by atoms with Crippen LogP contribution in [0.1, 0.15) is 13.8 Å². The van der Waals surface area contributed by atoms with Gasteiger partial charge in [0.2, 0.25) is 0 Å². The maximum absolute atomic E-state index is 9.75. The molecule has 0 aliphatic carbocycles. The molecule has 0 radical (unpaired) electrons. The zero-order chi connectivity index (χ0) is 12.1. The van der Waals surface area contributed by atoms with E-state index in [2.05, 4.69) is 13.8 Å². The first-order valence-electron chi connectivity index (χ1n) is 4.08. The third-order valence-electron chi connectivity index (χ3n) is 1.44. The van der Waals surface area contributed by atoms with Crippen molar-refractivity contribution < 1.29 is 17.3 Å². The van der Waals surface area contributed by atoms with Crippen molar-refractivity contribution in [2.24, 2.45) is 5.41 Å². The van der Waals surface area contributed by atoms with Crippen LogP contribution in [0.2, 0.25) is 0 Å². The van der Waals surface area contributed by atoms with Crippen LogP contribution in [-0.4, -0.2) is 12.2 Å². The van der Waals surface area contributed by atoms with Crippen LogP contribution in [0.4, 0.5) is 17.3 Å². The van der Waals surface area contributed by atoms with Gasteiger partial charge in [-0.3, -0.25) is 4.90 Å². The van der Waals surface area contributed by atoms with Gasteiger partial charge in [0.25, 0.3) is 0 Å². The lowest BCUT2D eigenvalue weighted by atomic mass is 9.92. The first-order chi connectivity index (χ1) is 6.64. The molecule has 0 unspecified atom stereocenters. The highest BCUT2D eigenvalue weighted by atomic mass is 19.5. The summed E-state index contributed by atoms with van der Waals surface area (Å²) in [4.78, 5) is 1.48. The maximum Gasteiger partial charge on any atom is 0.673 e. The van der Waals surface area contributed by atoms with Crippen LogP contribution in [0, 0.1) is 16.9 Å². The molecular weight excluding hydrogens is 225 g/mol. The number of rotatable bonds is 0. The Hall–Kier alpha value is -1.49. The lowest BCUT2D eigenvalue weighted by Crippen LogP contribution is -2.12. The number of quaternary nitrogens is 1. The Kier molecular flexibility index (Phi) is 6.53. The number of allylic oxidation sites excluding steroid dienone is 2. The Morgan fingerprint density at radius 2 is 1.44 bits per heavy atom. The van der Waals surface area contributed by atoms with Gasteiger partial charge in [-0.15, -0.1) is 0 Å². The number of nitrogens with zero attached hydrogens (tertiary/aromatic N) is 2. The fourth-order valence-electron chi connectivity index (χ4n) is 0.717. The van der Waals surface area contributed by atoms with Crippen LogP contribution in [-0.2, 0) is 0 Å². The van der Waals surface area contributed by atoms with Crippen molar-refractivity contribution in [1.82, 2.24) is 11.1 Å². The third kappa shape index (κ3) is 10.6. The van der Waals surface area contributed by atoms with Crippen molar-refractivity contribution in [3.63, 3.8) is 0 Å². The van der Waals surface area contributed by atoms with E-state index in [1.54, 1.807) is 12.4 Å². The third-order valence-corrected chi connectivity index (χ3v) is 1.44. The number of hydrogen-bond donors (Lipinski definition) is 1. The summed E-state index contributed by atoms with van der Waals surface area (Å²) >= 11 is 0. The minimum absolute atomic E-state index is 0. The van der Waals surface area contributed by atoms with E-state index in [4.69, 9.17) is 5.26 Å². The topological polar surface area (TPSA) is 63.5 Å². The number of hydrogen-bond acceptors (Lipinski definition) is 2. The van der Waals surface area contributed by atoms with Crippen molar-refractivity contribution in [1.29, 1.82) is 5.26 Å². The average molecular weight is 239 g/mol. The number of halogens is 4. The molecule has 0 fully saturated rings. The zero-order valence-electron chi connectivity index (χ0n) is 9.29. The smallest absolute Gasteiger partial charge is 0.418 e. The Morgan fingerprint density at radius 3 is 1.69 bits per heavy atom. The van der Waals surface area contributed by atoms with Gasteiger partial charge in [-0.2, -0.15) is 5.26 Å². The molecule has 1 aliphatic heterocycles. The molecule has 16 heavy (non-hydrogen) atoms. The largest absolute Gasteiger partial charge is 0.673 e. The number of nitriles is 1. The summed E-state index contributed by atoms with van der Waals surface area (Å²) in [5.74, 6) is 0. The van der Waals surface area contributed by atoms with Crippen molar-refractivity contribution in [2.45, 2.75) is 13.8 Å². The van der Waals surface area contributed by atoms with Gasteiger partial charge in [-0.1, -0.05) is 26.0 Å². The van der Waals surface area contributed by atoms with Crippen molar-refractivity contribution in [2.75, 3.05) is 0 Å². The van der Waals surface area contributed by atoms with Gasteiger partial charge in [-0.05, 0) is 0 Å². The molecule has 3 nitrogen and oxygen atoms in total. The van der Waals surface area contributed by atoms with Gasteiger partial charge in [0.05, 0.1) is 0 Å². The van der Waals surface area contributed by atoms with Crippen molar-refractivity contribution in [3.05, 3.63) is 24.6 Å². The van der Waals surface area contributed by atoms with Gasteiger partial charge in [-0.25, -0.2) is 0 Å². The first kappa shape index (κ1) is 16.9. The molecule has 0 aromatic carbocycles.